The third kappa shape index (κ3) is 5.78. The van der Waals surface area contributed by atoms with E-state index in [0.717, 1.165) is 12.3 Å². The average molecular weight is 466 g/mol. The molecule has 2 atom stereocenters. The van der Waals surface area contributed by atoms with Gasteiger partial charge in [0.25, 0.3) is 5.56 Å². The monoisotopic (exact) mass is 465 g/mol. The van der Waals surface area contributed by atoms with Gasteiger partial charge in [0.15, 0.2) is 0 Å². The maximum atomic E-state index is 14.6. The lowest BCUT2D eigenvalue weighted by Crippen LogP contribution is -2.50. The second kappa shape index (κ2) is 9.59. The van der Waals surface area contributed by atoms with Crippen molar-refractivity contribution in [2.75, 3.05) is 24.7 Å². The summed E-state index contributed by atoms with van der Waals surface area (Å²) in [6.45, 7) is -0.256. The molecule has 1 aliphatic rings. The van der Waals surface area contributed by atoms with Crippen molar-refractivity contribution in [3.63, 3.8) is 0 Å². The average Bonchev–Trinajstić information content (AvgIpc) is 3.10. The van der Waals surface area contributed by atoms with Gasteiger partial charge in [0, 0.05) is 30.9 Å². The zero-order chi connectivity index (χ0) is 23.5. The molecule has 2 heterocycles. The van der Waals surface area contributed by atoms with Crippen LogP contribution in [0, 0.1) is 5.82 Å². The molecular weight excluding hydrogens is 441 g/mol. The molecular formula is C20H24FN5O5S. The number of rotatable bonds is 8. The van der Waals surface area contributed by atoms with Crippen LogP contribution in [0.15, 0.2) is 47.4 Å². The predicted molar refractivity (Wildman–Crippen MR) is 116 cm³/mol. The molecule has 4 N–H and O–H groups in total. The highest BCUT2D eigenvalue weighted by Crippen LogP contribution is 2.24. The van der Waals surface area contributed by atoms with Gasteiger partial charge in [0.2, 0.25) is 21.8 Å². The number of nitrogens with zero attached hydrogens (tertiary/aromatic N) is 2. The third-order valence-electron chi connectivity index (χ3n) is 5.21. The summed E-state index contributed by atoms with van der Waals surface area (Å²) < 4.78 is 41.0. The van der Waals surface area contributed by atoms with Crippen molar-refractivity contribution in [2.45, 2.75) is 24.9 Å². The maximum absolute atomic E-state index is 14.6. The molecule has 1 saturated heterocycles. The minimum atomic E-state index is -3.45. The summed E-state index contributed by atoms with van der Waals surface area (Å²) in [5.74, 6) is -1.95. The van der Waals surface area contributed by atoms with Crippen LogP contribution in [0.4, 0.5) is 10.1 Å². The van der Waals surface area contributed by atoms with Crippen LogP contribution in [-0.4, -0.2) is 61.1 Å². The summed E-state index contributed by atoms with van der Waals surface area (Å²) in [6, 6.07) is 7.34. The minimum absolute atomic E-state index is 0.0186. The number of sulfonamides is 1. The van der Waals surface area contributed by atoms with Gasteiger partial charge < -0.3 is 11.1 Å². The molecule has 0 saturated carbocycles. The number of amides is 2. The van der Waals surface area contributed by atoms with Crippen molar-refractivity contribution < 1.29 is 22.4 Å². The summed E-state index contributed by atoms with van der Waals surface area (Å²) in [7, 11) is -3.45. The van der Waals surface area contributed by atoms with E-state index in [-0.39, 0.29) is 24.3 Å². The Morgan fingerprint density at radius 2 is 1.97 bits per heavy atom. The van der Waals surface area contributed by atoms with Gasteiger partial charge in [-0.15, -0.1) is 0 Å². The van der Waals surface area contributed by atoms with Gasteiger partial charge in [-0.25, -0.2) is 17.5 Å². The van der Waals surface area contributed by atoms with E-state index < -0.39 is 39.7 Å². The molecule has 1 aromatic heterocycles. The van der Waals surface area contributed by atoms with Crippen LogP contribution in [0.1, 0.15) is 12.8 Å². The molecule has 1 fully saturated rings. The van der Waals surface area contributed by atoms with E-state index in [1.807, 2.05) is 0 Å². The Labute approximate surface area is 184 Å². The lowest BCUT2D eigenvalue weighted by atomic mass is 10.2. The molecule has 32 heavy (non-hydrogen) atoms. The topological polar surface area (TPSA) is 144 Å². The summed E-state index contributed by atoms with van der Waals surface area (Å²) >= 11 is 0. The Hall–Kier alpha value is -3.09. The number of hydrogen-bond acceptors (Lipinski definition) is 6. The fourth-order valence-corrected chi connectivity index (χ4v) is 4.19. The van der Waals surface area contributed by atoms with Gasteiger partial charge >= 0.3 is 0 Å². The van der Waals surface area contributed by atoms with Gasteiger partial charge in [0.05, 0.1) is 30.2 Å². The first-order valence-corrected chi connectivity index (χ1v) is 11.7. The van der Waals surface area contributed by atoms with Crippen molar-refractivity contribution in [3.8, 4) is 5.69 Å². The summed E-state index contributed by atoms with van der Waals surface area (Å²) in [6.07, 6.45) is 3.36. The number of halogens is 1. The highest BCUT2D eigenvalue weighted by atomic mass is 32.2. The normalized spacial score (nSPS) is 19.1. The Kier molecular flexibility index (Phi) is 7.06. The van der Waals surface area contributed by atoms with Crippen LogP contribution in [0.25, 0.3) is 5.69 Å². The zero-order valence-corrected chi connectivity index (χ0v) is 18.1. The summed E-state index contributed by atoms with van der Waals surface area (Å²) in [5.41, 5.74) is 5.30. The van der Waals surface area contributed by atoms with E-state index >= 15 is 0 Å². The van der Waals surface area contributed by atoms with Crippen molar-refractivity contribution in [1.82, 2.24) is 14.2 Å². The van der Waals surface area contributed by atoms with Crippen LogP contribution in [0.3, 0.4) is 0 Å². The second-order valence-corrected chi connectivity index (χ2v) is 9.40. The van der Waals surface area contributed by atoms with Gasteiger partial charge in [-0.05, 0) is 31.0 Å². The fourth-order valence-electron chi connectivity index (χ4n) is 3.70. The molecule has 0 spiro atoms. The first-order chi connectivity index (χ1) is 15.0. The van der Waals surface area contributed by atoms with Gasteiger partial charge in [-0.1, -0.05) is 6.07 Å². The van der Waals surface area contributed by atoms with Gasteiger partial charge in [-0.3, -0.25) is 23.9 Å². The molecule has 0 aliphatic carbocycles. The third-order valence-corrected chi connectivity index (χ3v) is 5.90. The van der Waals surface area contributed by atoms with Crippen LogP contribution >= 0.6 is 0 Å². The second-order valence-electron chi connectivity index (χ2n) is 7.56. The molecule has 12 heteroatoms. The molecule has 10 nitrogen and oxygen atoms in total. The van der Waals surface area contributed by atoms with Crippen molar-refractivity contribution in [1.29, 1.82) is 0 Å². The molecule has 0 radical (unpaired) electrons. The lowest BCUT2D eigenvalue weighted by molar-refractivity contribution is -0.124. The Bertz CT molecular complexity index is 1180. The fraction of sp³-hybridized carbons (Fsp3) is 0.350. The van der Waals surface area contributed by atoms with E-state index in [0.29, 0.717) is 18.5 Å². The van der Waals surface area contributed by atoms with Crippen molar-refractivity contribution in [2.24, 2.45) is 5.73 Å². The number of pyridine rings is 1. The number of carbonyl (C=O) groups is 2. The van der Waals surface area contributed by atoms with E-state index in [2.05, 4.69) is 10.0 Å². The Morgan fingerprint density at radius 3 is 2.59 bits per heavy atom. The van der Waals surface area contributed by atoms with Gasteiger partial charge in [0.1, 0.15) is 5.82 Å². The number of nitrogens with two attached hydrogens (primary N) is 1. The standard InChI is InChI=1S/C20H24FN5O5S/c1-32(30,31)23-11-14-6-8-17(20(22)29)26(14)12-18(27)24-16-7-5-13(10-15(16)21)25-9-3-2-4-19(25)28/h2-5,7,9-10,14,17,23H,6,8,11-12H2,1H3,(H2,22,29)(H,24,27)/t14-,17?/m0/s1. The molecule has 2 amide bonds. The number of primary amides is 1. The Morgan fingerprint density at radius 1 is 1.22 bits per heavy atom. The molecule has 2 aromatic rings. The van der Waals surface area contributed by atoms with Crippen LogP contribution in [0.2, 0.25) is 0 Å². The largest absolute Gasteiger partial charge is 0.368 e. The van der Waals surface area contributed by atoms with E-state index in [9.17, 15) is 27.2 Å². The molecule has 172 valence electrons. The van der Waals surface area contributed by atoms with Crippen LogP contribution < -0.4 is 21.3 Å². The minimum Gasteiger partial charge on any atom is -0.368 e. The predicted octanol–water partition coefficient (Wildman–Crippen LogP) is -0.217. The Balaban J connectivity index is 1.72. The smallest absolute Gasteiger partial charge is 0.255 e. The molecule has 1 aromatic carbocycles. The SMILES string of the molecule is CS(=O)(=O)NC[C@@H]1CCC(C(N)=O)N1CC(=O)Nc1ccc(-n2ccccc2=O)cc1F. The number of likely N-dealkylation sites (tertiary alicyclic amines) is 1. The molecule has 0 bridgehead atoms. The number of aromatic nitrogens is 1. The lowest BCUT2D eigenvalue weighted by Gasteiger charge is -2.28. The highest BCUT2D eigenvalue weighted by molar-refractivity contribution is 7.88. The van der Waals surface area contributed by atoms with Crippen molar-refractivity contribution >= 4 is 27.5 Å². The van der Waals surface area contributed by atoms with Crippen molar-refractivity contribution in [3.05, 3.63) is 58.8 Å². The van der Waals surface area contributed by atoms with E-state index in [1.165, 1.54) is 33.9 Å². The van der Waals surface area contributed by atoms with Crippen LogP contribution in [0.5, 0.6) is 0 Å². The van der Waals surface area contributed by atoms with E-state index in [4.69, 9.17) is 5.73 Å². The van der Waals surface area contributed by atoms with E-state index in [1.54, 1.807) is 12.1 Å². The zero-order valence-electron chi connectivity index (χ0n) is 17.3. The first-order valence-electron chi connectivity index (χ1n) is 9.82. The first kappa shape index (κ1) is 23.6. The number of nitrogens with one attached hydrogen (secondary N) is 2. The summed E-state index contributed by atoms with van der Waals surface area (Å²) in [4.78, 5) is 37.8. The van der Waals surface area contributed by atoms with Gasteiger partial charge in [-0.2, -0.15) is 0 Å². The summed E-state index contributed by atoms with van der Waals surface area (Å²) in [5, 5.41) is 2.45. The highest BCUT2D eigenvalue weighted by Gasteiger charge is 2.38. The van der Waals surface area contributed by atoms with Crippen LogP contribution in [-0.2, 0) is 19.6 Å². The maximum Gasteiger partial charge on any atom is 0.255 e. The molecule has 1 aliphatic heterocycles. The molecule has 1 unspecified atom stereocenters. The number of anilines is 1. The molecule has 3 rings (SSSR count). The number of carbonyl (C=O) groups excluding carboxylic acids is 2. The number of benzene rings is 1. The number of hydrogen-bond donors (Lipinski definition) is 3. The quantitative estimate of drug-likeness (QED) is 0.492.